The summed E-state index contributed by atoms with van der Waals surface area (Å²) in [5.74, 6) is 0.916. The third kappa shape index (κ3) is 1.53. The van der Waals surface area contributed by atoms with Crippen LogP contribution in [0.2, 0.25) is 0 Å². The van der Waals surface area contributed by atoms with Gasteiger partial charge in [0.15, 0.2) is 0 Å². The number of hydrogen-bond donors (Lipinski definition) is 0. The Hall–Kier alpha value is -1.63. The predicted octanol–water partition coefficient (Wildman–Crippen LogP) is 1.22. The zero-order valence-electron chi connectivity index (χ0n) is 8.14. The number of nitriles is 1. The molecule has 1 aliphatic heterocycles. The fourth-order valence-electron chi connectivity index (χ4n) is 1.72. The summed E-state index contributed by atoms with van der Waals surface area (Å²) in [6.07, 6.45) is 4.18. The molecule has 72 valence electrons. The van der Waals surface area contributed by atoms with Crippen LogP contribution in [0.3, 0.4) is 0 Å². The second-order valence-electron chi connectivity index (χ2n) is 3.91. The van der Waals surface area contributed by atoms with Crippen LogP contribution in [0.25, 0.3) is 0 Å². The number of rotatable bonds is 1. The summed E-state index contributed by atoms with van der Waals surface area (Å²) in [4.78, 5) is 10.2. The van der Waals surface area contributed by atoms with Crippen molar-refractivity contribution in [1.82, 2.24) is 9.97 Å². The average Bonchev–Trinajstić information content (AvgIpc) is 2.63. The third-order valence-corrected chi connectivity index (χ3v) is 2.63. The van der Waals surface area contributed by atoms with Crippen LogP contribution in [0.1, 0.15) is 13.3 Å². The standard InChI is InChI=1S/C10H12N4/c1-10(6-11)3-5-14(7-10)9-2-4-12-8-13-9/h2,4,8H,3,5,7H2,1H3. The maximum atomic E-state index is 8.98. The van der Waals surface area contributed by atoms with E-state index >= 15 is 0 Å². The molecule has 1 aromatic rings. The lowest BCUT2D eigenvalue weighted by molar-refractivity contribution is 0.502. The Bertz CT molecular complexity index is 356. The van der Waals surface area contributed by atoms with E-state index in [1.165, 1.54) is 6.33 Å². The van der Waals surface area contributed by atoms with Gasteiger partial charge in [0.1, 0.15) is 12.1 Å². The van der Waals surface area contributed by atoms with Crippen molar-refractivity contribution in [3.63, 3.8) is 0 Å². The highest BCUT2D eigenvalue weighted by Crippen LogP contribution is 2.31. The number of aromatic nitrogens is 2. The van der Waals surface area contributed by atoms with Crippen LogP contribution in [0.5, 0.6) is 0 Å². The van der Waals surface area contributed by atoms with Crippen LogP contribution >= 0.6 is 0 Å². The second kappa shape index (κ2) is 3.26. The molecule has 0 spiro atoms. The van der Waals surface area contributed by atoms with Crippen molar-refractivity contribution < 1.29 is 0 Å². The van der Waals surface area contributed by atoms with Gasteiger partial charge in [-0.05, 0) is 19.4 Å². The first-order valence-electron chi connectivity index (χ1n) is 4.66. The molecule has 1 fully saturated rings. The van der Waals surface area contributed by atoms with E-state index in [9.17, 15) is 0 Å². The van der Waals surface area contributed by atoms with Crippen LogP contribution in [-0.4, -0.2) is 23.1 Å². The van der Waals surface area contributed by atoms with Crippen molar-refractivity contribution in [2.75, 3.05) is 18.0 Å². The molecule has 4 nitrogen and oxygen atoms in total. The van der Waals surface area contributed by atoms with Crippen molar-refractivity contribution in [3.8, 4) is 6.07 Å². The number of hydrogen-bond acceptors (Lipinski definition) is 4. The molecular formula is C10H12N4. The monoisotopic (exact) mass is 188 g/mol. The van der Waals surface area contributed by atoms with Gasteiger partial charge in [-0.15, -0.1) is 0 Å². The SMILES string of the molecule is CC1(C#N)CCN(c2ccncn2)C1. The van der Waals surface area contributed by atoms with E-state index in [2.05, 4.69) is 20.9 Å². The fourth-order valence-corrected chi connectivity index (χ4v) is 1.72. The number of nitrogens with zero attached hydrogens (tertiary/aromatic N) is 4. The smallest absolute Gasteiger partial charge is 0.131 e. The summed E-state index contributed by atoms with van der Waals surface area (Å²) in [6, 6.07) is 4.23. The van der Waals surface area contributed by atoms with Gasteiger partial charge in [-0.2, -0.15) is 5.26 Å². The van der Waals surface area contributed by atoms with Crippen LogP contribution in [0.4, 0.5) is 5.82 Å². The third-order valence-electron chi connectivity index (χ3n) is 2.63. The van der Waals surface area contributed by atoms with Crippen molar-refractivity contribution in [3.05, 3.63) is 18.6 Å². The van der Waals surface area contributed by atoms with E-state index in [1.807, 2.05) is 13.0 Å². The van der Waals surface area contributed by atoms with Gasteiger partial charge >= 0.3 is 0 Å². The highest BCUT2D eigenvalue weighted by atomic mass is 15.2. The van der Waals surface area contributed by atoms with Crippen molar-refractivity contribution in [2.45, 2.75) is 13.3 Å². The molecule has 14 heavy (non-hydrogen) atoms. The molecular weight excluding hydrogens is 176 g/mol. The molecule has 1 aliphatic rings. The van der Waals surface area contributed by atoms with Crippen LogP contribution < -0.4 is 4.90 Å². The number of anilines is 1. The first kappa shape index (κ1) is 8.95. The van der Waals surface area contributed by atoms with Gasteiger partial charge in [0, 0.05) is 19.3 Å². The molecule has 0 bridgehead atoms. The Morgan fingerprint density at radius 2 is 2.50 bits per heavy atom. The van der Waals surface area contributed by atoms with Crippen LogP contribution in [-0.2, 0) is 0 Å². The minimum absolute atomic E-state index is 0.217. The fraction of sp³-hybridized carbons (Fsp3) is 0.500. The largest absolute Gasteiger partial charge is 0.355 e. The van der Waals surface area contributed by atoms with E-state index in [1.54, 1.807) is 6.20 Å². The lowest BCUT2D eigenvalue weighted by atomic mass is 9.92. The van der Waals surface area contributed by atoms with Gasteiger partial charge in [-0.3, -0.25) is 0 Å². The maximum absolute atomic E-state index is 8.98. The summed E-state index contributed by atoms with van der Waals surface area (Å²) < 4.78 is 0. The molecule has 0 amide bonds. The molecule has 1 aromatic heterocycles. The molecule has 2 heterocycles. The average molecular weight is 188 g/mol. The molecule has 0 aromatic carbocycles. The summed E-state index contributed by atoms with van der Waals surface area (Å²) in [5, 5.41) is 8.98. The van der Waals surface area contributed by atoms with Gasteiger partial charge < -0.3 is 4.90 Å². The minimum Gasteiger partial charge on any atom is -0.355 e. The first-order valence-corrected chi connectivity index (χ1v) is 4.66. The van der Waals surface area contributed by atoms with E-state index in [0.717, 1.165) is 25.3 Å². The van der Waals surface area contributed by atoms with Crippen LogP contribution in [0, 0.1) is 16.7 Å². The normalized spacial score (nSPS) is 26.1. The van der Waals surface area contributed by atoms with Gasteiger partial charge in [0.05, 0.1) is 11.5 Å². The van der Waals surface area contributed by atoms with E-state index < -0.39 is 0 Å². The predicted molar refractivity (Wildman–Crippen MR) is 52.6 cm³/mol. The highest BCUT2D eigenvalue weighted by Gasteiger charge is 2.34. The molecule has 4 heteroatoms. The first-order chi connectivity index (χ1) is 6.73. The lowest BCUT2D eigenvalue weighted by Gasteiger charge is -2.18. The Morgan fingerprint density at radius 3 is 3.07 bits per heavy atom. The van der Waals surface area contributed by atoms with E-state index in [4.69, 9.17) is 5.26 Å². The molecule has 0 N–H and O–H groups in total. The Morgan fingerprint density at radius 1 is 1.64 bits per heavy atom. The summed E-state index contributed by atoms with van der Waals surface area (Å²) in [7, 11) is 0. The lowest BCUT2D eigenvalue weighted by Crippen LogP contribution is -2.24. The molecule has 0 aliphatic carbocycles. The van der Waals surface area contributed by atoms with Gasteiger partial charge in [0.25, 0.3) is 0 Å². The van der Waals surface area contributed by atoms with Crippen LogP contribution in [0.15, 0.2) is 18.6 Å². The van der Waals surface area contributed by atoms with Gasteiger partial charge in [0.2, 0.25) is 0 Å². The molecule has 1 atom stereocenters. The molecule has 1 saturated heterocycles. The maximum Gasteiger partial charge on any atom is 0.131 e. The summed E-state index contributed by atoms with van der Waals surface area (Å²) in [6.45, 7) is 3.66. The zero-order valence-corrected chi connectivity index (χ0v) is 8.14. The van der Waals surface area contributed by atoms with Gasteiger partial charge in [-0.25, -0.2) is 9.97 Å². The van der Waals surface area contributed by atoms with Crippen molar-refractivity contribution in [1.29, 1.82) is 5.26 Å². The minimum atomic E-state index is -0.217. The van der Waals surface area contributed by atoms with E-state index in [-0.39, 0.29) is 5.41 Å². The Kier molecular flexibility index (Phi) is 2.08. The van der Waals surface area contributed by atoms with Crippen molar-refractivity contribution >= 4 is 5.82 Å². The Labute approximate surface area is 83.2 Å². The molecule has 2 rings (SSSR count). The van der Waals surface area contributed by atoms with E-state index in [0.29, 0.717) is 0 Å². The molecule has 0 radical (unpaired) electrons. The molecule has 0 saturated carbocycles. The summed E-state index contributed by atoms with van der Waals surface area (Å²) >= 11 is 0. The molecule has 1 unspecified atom stereocenters. The summed E-state index contributed by atoms with van der Waals surface area (Å²) in [5.41, 5.74) is -0.217. The Balaban J connectivity index is 2.15. The van der Waals surface area contributed by atoms with Gasteiger partial charge in [-0.1, -0.05) is 0 Å². The zero-order chi connectivity index (χ0) is 10.0. The highest BCUT2D eigenvalue weighted by molar-refractivity contribution is 5.39. The topological polar surface area (TPSA) is 52.8 Å². The van der Waals surface area contributed by atoms with Crippen molar-refractivity contribution in [2.24, 2.45) is 5.41 Å². The second-order valence-corrected chi connectivity index (χ2v) is 3.91. The quantitative estimate of drug-likeness (QED) is 0.664.